The predicted molar refractivity (Wildman–Crippen MR) is 105 cm³/mol. The van der Waals surface area contributed by atoms with E-state index < -0.39 is 17.9 Å². The van der Waals surface area contributed by atoms with Gasteiger partial charge in [-0.25, -0.2) is 4.79 Å². The van der Waals surface area contributed by atoms with Crippen LogP contribution in [0.15, 0.2) is 65.9 Å². The number of hydrogen-bond acceptors (Lipinski definition) is 5. The molecule has 7 nitrogen and oxygen atoms in total. The van der Waals surface area contributed by atoms with E-state index in [1.54, 1.807) is 6.20 Å². The number of nitrogens with one attached hydrogen (secondary N) is 2. The maximum atomic E-state index is 12.6. The lowest BCUT2D eigenvalue weighted by atomic mass is 10.0. The van der Waals surface area contributed by atoms with Crippen molar-refractivity contribution in [2.45, 2.75) is 18.9 Å². The van der Waals surface area contributed by atoms with Crippen LogP contribution in [0, 0.1) is 0 Å². The van der Waals surface area contributed by atoms with Gasteiger partial charge in [-0.3, -0.25) is 4.79 Å². The molecule has 0 unspecified atom stereocenters. The summed E-state index contributed by atoms with van der Waals surface area (Å²) in [5.41, 5.74) is 2.52. The highest BCUT2D eigenvalue weighted by atomic mass is 16.5. The normalized spacial score (nSPS) is 12.5. The van der Waals surface area contributed by atoms with Crippen molar-refractivity contribution in [2.75, 3.05) is 7.11 Å². The van der Waals surface area contributed by atoms with Crippen molar-refractivity contribution in [1.82, 2.24) is 10.3 Å². The maximum Gasteiger partial charge on any atom is 0.328 e. The third-order valence-corrected chi connectivity index (χ3v) is 4.49. The van der Waals surface area contributed by atoms with Crippen molar-refractivity contribution in [1.29, 1.82) is 0 Å². The molecule has 2 aromatic carbocycles. The van der Waals surface area contributed by atoms with Gasteiger partial charge in [-0.2, -0.15) is 0 Å². The van der Waals surface area contributed by atoms with Crippen molar-refractivity contribution in [3.63, 3.8) is 0 Å². The molecule has 1 atom stereocenters. The molecule has 0 radical (unpaired) electrons. The molecular formula is C21H21N3O4. The van der Waals surface area contributed by atoms with Gasteiger partial charge < -0.3 is 20.2 Å². The monoisotopic (exact) mass is 379 g/mol. The Morgan fingerprint density at radius 3 is 2.57 bits per heavy atom. The SMILES string of the molecule is COC(=O)[C@H](Cc1ccccc1)NC(=O)/C(Cc1c[nH]c2ccccc12)=N\O. The van der Waals surface area contributed by atoms with Gasteiger partial charge in [0, 0.05) is 29.9 Å². The first-order valence-corrected chi connectivity index (χ1v) is 8.81. The zero-order chi connectivity index (χ0) is 19.9. The molecule has 0 saturated heterocycles. The summed E-state index contributed by atoms with van der Waals surface area (Å²) < 4.78 is 4.80. The summed E-state index contributed by atoms with van der Waals surface area (Å²) in [5, 5.41) is 16.1. The molecular weight excluding hydrogens is 358 g/mol. The van der Waals surface area contributed by atoms with Crippen molar-refractivity contribution < 1.29 is 19.5 Å². The molecule has 1 aromatic heterocycles. The van der Waals surface area contributed by atoms with Gasteiger partial charge in [0.25, 0.3) is 5.91 Å². The van der Waals surface area contributed by atoms with Crippen LogP contribution < -0.4 is 5.32 Å². The topological polar surface area (TPSA) is 104 Å². The number of methoxy groups -OCH3 is 1. The third kappa shape index (κ3) is 4.37. The van der Waals surface area contributed by atoms with Crippen LogP contribution in [0.3, 0.4) is 0 Å². The third-order valence-electron chi connectivity index (χ3n) is 4.49. The summed E-state index contributed by atoms with van der Waals surface area (Å²) in [4.78, 5) is 27.9. The highest BCUT2D eigenvalue weighted by molar-refractivity contribution is 6.39. The second kappa shape index (κ2) is 8.85. The maximum absolute atomic E-state index is 12.6. The van der Waals surface area contributed by atoms with Crippen LogP contribution in [0.2, 0.25) is 0 Å². The number of H-pyrrole nitrogens is 1. The standard InChI is InChI=1S/C21H21N3O4/c1-28-21(26)19(11-14-7-3-2-4-8-14)23-20(25)18(24-27)12-15-13-22-17-10-6-5-9-16(15)17/h2-10,13,19,22,27H,11-12H2,1H3,(H,23,25)/b24-18-/t19-/m0/s1. The van der Waals surface area contributed by atoms with Gasteiger partial charge in [-0.1, -0.05) is 53.7 Å². The van der Waals surface area contributed by atoms with E-state index in [1.165, 1.54) is 7.11 Å². The first-order valence-electron chi connectivity index (χ1n) is 8.81. The molecule has 28 heavy (non-hydrogen) atoms. The molecule has 0 spiro atoms. The lowest BCUT2D eigenvalue weighted by Crippen LogP contribution is -2.46. The number of benzene rings is 2. The molecule has 3 rings (SSSR count). The van der Waals surface area contributed by atoms with Crippen LogP contribution in [0.25, 0.3) is 10.9 Å². The summed E-state index contributed by atoms with van der Waals surface area (Å²) in [6.07, 6.45) is 2.15. The molecule has 3 N–H and O–H groups in total. The molecule has 0 aliphatic rings. The number of fused-ring (bicyclic) bond motifs is 1. The minimum absolute atomic E-state index is 0.0910. The number of esters is 1. The zero-order valence-electron chi connectivity index (χ0n) is 15.4. The summed E-state index contributed by atoms with van der Waals surface area (Å²) in [6.45, 7) is 0. The number of ether oxygens (including phenoxy) is 1. The minimum atomic E-state index is -0.889. The van der Waals surface area contributed by atoms with E-state index in [-0.39, 0.29) is 18.6 Å². The zero-order valence-corrected chi connectivity index (χ0v) is 15.4. The second-order valence-corrected chi connectivity index (χ2v) is 6.32. The van der Waals surface area contributed by atoms with Gasteiger partial charge in [-0.05, 0) is 17.2 Å². The Morgan fingerprint density at radius 1 is 1.14 bits per heavy atom. The van der Waals surface area contributed by atoms with Gasteiger partial charge >= 0.3 is 5.97 Å². The molecule has 1 heterocycles. The number of para-hydroxylation sites is 1. The number of nitrogens with zero attached hydrogens (tertiary/aromatic N) is 1. The Labute approximate surface area is 162 Å². The number of carbonyl (C=O) groups excluding carboxylic acids is 2. The fourth-order valence-corrected chi connectivity index (χ4v) is 3.05. The first-order chi connectivity index (χ1) is 13.6. The van der Waals surface area contributed by atoms with E-state index >= 15 is 0 Å². The number of rotatable bonds is 7. The van der Waals surface area contributed by atoms with Crippen LogP contribution in [-0.4, -0.2) is 40.9 Å². The number of oxime groups is 1. The molecule has 7 heteroatoms. The largest absolute Gasteiger partial charge is 0.467 e. The fourth-order valence-electron chi connectivity index (χ4n) is 3.05. The van der Waals surface area contributed by atoms with Crippen molar-refractivity contribution >= 4 is 28.5 Å². The minimum Gasteiger partial charge on any atom is -0.467 e. The Kier molecular flexibility index (Phi) is 6.06. The number of hydrogen-bond donors (Lipinski definition) is 3. The number of aromatic nitrogens is 1. The number of amides is 1. The molecule has 0 aliphatic carbocycles. The molecule has 1 amide bonds. The molecule has 0 bridgehead atoms. The average Bonchev–Trinajstić information content (AvgIpc) is 3.14. The van der Waals surface area contributed by atoms with Gasteiger partial charge in [0.15, 0.2) is 0 Å². The van der Waals surface area contributed by atoms with Gasteiger partial charge in [0.2, 0.25) is 0 Å². The lowest BCUT2D eigenvalue weighted by molar-refractivity contribution is -0.144. The van der Waals surface area contributed by atoms with E-state index in [1.807, 2.05) is 54.6 Å². The van der Waals surface area contributed by atoms with Crippen molar-refractivity contribution in [3.05, 3.63) is 71.9 Å². The molecule has 0 saturated carbocycles. The van der Waals surface area contributed by atoms with Crippen LogP contribution in [-0.2, 0) is 27.2 Å². The smallest absolute Gasteiger partial charge is 0.328 e. The molecule has 3 aromatic rings. The Hall–Kier alpha value is -3.61. The van der Waals surface area contributed by atoms with Crippen LogP contribution in [0.1, 0.15) is 11.1 Å². The molecule has 0 fully saturated rings. The fraction of sp³-hybridized carbons (Fsp3) is 0.190. The molecule has 0 aliphatic heterocycles. The van der Waals surface area contributed by atoms with Crippen LogP contribution in [0.4, 0.5) is 0 Å². The highest BCUT2D eigenvalue weighted by Crippen LogP contribution is 2.18. The van der Waals surface area contributed by atoms with Crippen molar-refractivity contribution in [2.24, 2.45) is 5.16 Å². The first kappa shape index (κ1) is 19.2. The van der Waals surface area contributed by atoms with Gasteiger partial charge in [0.05, 0.1) is 7.11 Å². The lowest BCUT2D eigenvalue weighted by Gasteiger charge is -2.17. The Morgan fingerprint density at radius 2 is 1.86 bits per heavy atom. The van der Waals surface area contributed by atoms with E-state index in [0.717, 1.165) is 22.0 Å². The average molecular weight is 379 g/mol. The van der Waals surface area contributed by atoms with Gasteiger partial charge in [0.1, 0.15) is 11.8 Å². The Balaban J connectivity index is 1.74. The summed E-state index contributed by atoms with van der Waals surface area (Å²) >= 11 is 0. The quantitative estimate of drug-likeness (QED) is 0.254. The highest BCUT2D eigenvalue weighted by Gasteiger charge is 2.25. The van der Waals surface area contributed by atoms with E-state index in [9.17, 15) is 14.8 Å². The summed E-state index contributed by atoms with van der Waals surface area (Å²) in [7, 11) is 1.26. The summed E-state index contributed by atoms with van der Waals surface area (Å²) in [6, 6.07) is 16.0. The Bertz CT molecular complexity index is 995. The number of aromatic amines is 1. The van der Waals surface area contributed by atoms with E-state index in [0.29, 0.717) is 0 Å². The summed E-state index contributed by atoms with van der Waals surface area (Å²) in [5.74, 6) is -1.19. The van der Waals surface area contributed by atoms with E-state index in [2.05, 4.69) is 15.5 Å². The van der Waals surface area contributed by atoms with Crippen LogP contribution in [0.5, 0.6) is 0 Å². The second-order valence-electron chi connectivity index (χ2n) is 6.32. The van der Waals surface area contributed by atoms with Crippen molar-refractivity contribution in [3.8, 4) is 0 Å². The van der Waals surface area contributed by atoms with Crippen LogP contribution >= 0.6 is 0 Å². The molecule has 144 valence electrons. The van der Waals surface area contributed by atoms with Gasteiger partial charge in [-0.15, -0.1) is 0 Å². The number of carbonyl (C=O) groups is 2. The predicted octanol–water partition coefficient (Wildman–Crippen LogP) is 2.44. The van der Waals surface area contributed by atoms with E-state index in [4.69, 9.17) is 4.74 Å².